The summed E-state index contributed by atoms with van der Waals surface area (Å²) < 4.78 is 0. The smallest absolute Gasteiger partial charge is 0.187 e. The monoisotopic (exact) mass is 403 g/mol. The fourth-order valence-electron chi connectivity index (χ4n) is 4.13. The van der Waals surface area contributed by atoms with Gasteiger partial charge in [0.25, 0.3) is 0 Å². The topological polar surface area (TPSA) is 98.1 Å². The highest BCUT2D eigenvalue weighted by Crippen LogP contribution is 2.27. The number of hydrogen-bond acceptors (Lipinski definition) is 6. The Hall–Kier alpha value is -2.99. The van der Waals surface area contributed by atoms with Crippen LogP contribution >= 0.6 is 0 Å². The molecule has 0 bridgehead atoms. The van der Waals surface area contributed by atoms with E-state index in [-0.39, 0.29) is 18.2 Å². The molecule has 6 nitrogen and oxygen atoms in total. The van der Waals surface area contributed by atoms with Crippen molar-refractivity contribution >= 4 is 28.1 Å². The first kappa shape index (κ1) is 20.3. The Morgan fingerprint density at radius 2 is 2.10 bits per heavy atom. The molecule has 1 aliphatic heterocycles. The van der Waals surface area contributed by atoms with Crippen LogP contribution in [0.5, 0.6) is 0 Å². The molecular weight excluding hydrogens is 374 g/mol. The van der Waals surface area contributed by atoms with Crippen LogP contribution in [-0.2, 0) is 6.42 Å². The number of rotatable bonds is 5. The number of fused-ring (bicyclic) bond motifs is 1. The first-order valence-electron chi connectivity index (χ1n) is 10.6. The second-order valence-electron chi connectivity index (χ2n) is 8.49. The Morgan fingerprint density at radius 1 is 1.27 bits per heavy atom. The van der Waals surface area contributed by atoms with Crippen molar-refractivity contribution in [1.29, 1.82) is 0 Å². The molecule has 1 aliphatic rings. The van der Waals surface area contributed by atoms with E-state index < -0.39 is 0 Å². The largest absolute Gasteiger partial charge is 0.397 e. The van der Waals surface area contributed by atoms with E-state index in [4.69, 9.17) is 11.5 Å². The number of hydrogen-bond donors (Lipinski definition) is 2. The highest BCUT2D eigenvalue weighted by molar-refractivity contribution is 6.03. The summed E-state index contributed by atoms with van der Waals surface area (Å²) in [7, 11) is 0. The lowest BCUT2D eigenvalue weighted by Gasteiger charge is -2.33. The lowest BCUT2D eigenvalue weighted by molar-refractivity contribution is 0.0989. The molecule has 4 N–H and O–H groups in total. The number of pyridine rings is 2. The van der Waals surface area contributed by atoms with Crippen molar-refractivity contribution in [2.75, 3.05) is 23.7 Å². The highest BCUT2D eigenvalue weighted by Gasteiger charge is 2.22. The Labute approximate surface area is 177 Å². The van der Waals surface area contributed by atoms with Gasteiger partial charge in [0.05, 0.1) is 11.2 Å². The summed E-state index contributed by atoms with van der Waals surface area (Å²) in [6, 6.07) is 10.1. The van der Waals surface area contributed by atoms with Gasteiger partial charge in [-0.25, -0.2) is 4.98 Å². The number of nitrogen functional groups attached to an aromatic ring is 1. The third kappa shape index (κ3) is 4.14. The summed E-state index contributed by atoms with van der Waals surface area (Å²) in [5, 5.41) is 0.942. The van der Waals surface area contributed by atoms with Crippen LogP contribution in [0.25, 0.3) is 10.9 Å². The minimum atomic E-state index is -0.0973. The van der Waals surface area contributed by atoms with E-state index in [2.05, 4.69) is 34.8 Å². The van der Waals surface area contributed by atoms with Gasteiger partial charge in [0.2, 0.25) is 0 Å². The van der Waals surface area contributed by atoms with Gasteiger partial charge in [0.1, 0.15) is 5.69 Å². The van der Waals surface area contributed by atoms with Crippen molar-refractivity contribution in [2.24, 2.45) is 5.73 Å². The molecule has 6 heteroatoms. The molecule has 0 amide bonds. The van der Waals surface area contributed by atoms with E-state index in [1.54, 1.807) is 12.4 Å². The summed E-state index contributed by atoms with van der Waals surface area (Å²) in [6.07, 6.45) is 5.82. The van der Waals surface area contributed by atoms with Gasteiger partial charge < -0.3 is 16.4 Å². The number of nitrogens with two attached hydrogens (primary N) is 2. The van der Waals surface area contributed by atoms with Crippen LogP contribution in [0, 0.1) is 0 Å². The Morgan fingerprint density at radius 3 is 2.87 bits per heavy atom. The maximum Gasteiger partial charge on any atom is 0.187 e. The van der Waals surface area contributed by atoms with Gasteiger partial charge >= 0.3 is 0 Å². The molecule has 0 unspecified atom stereocenters. The summed E-state index contributed by atoms with van der Waals surface area (Å²) in [5.74, 6) is 0.293. The number of carbonyl (C=O) groups excluding carboxylic acids is 1. The second-order valence-corrected chi connectivity index (χ2v) is 8.49. The molecule has 2 aromatic heterocycles. The molecule has 0 spiro atoms. The standard InChI is InChI=1S/C24H29N5O/c1-15(2)16-5-6-17-10-20(26)24(28-21(17)11-16)23(30)12-18-13-27-8-7-22(18)29-9-3-4-19(25)14-29/h5-8,10-11,13,15,19H,3-4,9,12,14,25-26H2,1-2H3/t19-/m0/s1. The first-order valence-corrected chi connectivity index (χ1v) is 10.6. The number of aromatic nitrogens is 2. The van der Waals surface area contributed by atoms with Gasteiger partial charge in [-0.3, -0.25) is 9.78 Å². The normalized spacial score (nSPS) is 16.9. The van der Waals surface area contributed by atoms with Gasteiger partial charge in [0.15, 0.2) is 5.78 Å². The van der Waals surface area contributed by atoms with Crippen LogP contribution < -0.4 is 16.4 Å². The van der Waals surface area contributed by atoms with Crippen LogP contribution in [0.4, 0.5) is 11.4 Å². The van der Waals surface area contributed by atoms with E-state index >= 15 is 0 Å². The minimum Gasteiger partial charge on any atom is -0.397 e. The molecule has 0 radical (unpaired) electrons. The molecule has 1 atom stereocenters. The van der Waals surface area contributed by atoms with Crippen LogP contribution in [0.15, 0.2) is 42.7 Å². The van der Waals surface area contributed by atoms with Crippen LogP contribution in [0.2, 0.25) is 0 Å². The SMILES string of the molecule is CC(C)c1ccc2cc(N)c(C(=O)Cc3cnccc3N3CCC[C@H](N)C3)nc2c1. The summed E-state index contributed by atoms with van der Waals surface area (Å²) in [6.45, 7) is 6.01. The summed E-state index contributed by atoms with van der Waals surface area (Å²) in [4.78, 5) is 24.3. The fraction of sp³-hybridized carbons (Fsp3) is 0.375. The number of nitrogens with zero attached hydrogens (tertiary/aromatic N) is 3. The maximum atomic E-state index is 13.2. The average Bonchev–Trinajstić information content (AvgIpc) is 2.73. The minimum absolute atomic E-state index is 0.0973. The first-order chi connectivity index (χ1) is 14.4. The van der Waals surface area contributed by atoms with E-state index in [0.717, 1.165) is 48.1 Å². The molecule has 156 valence electrons. The van der Waals surface area contributed by atoms with Gasteiger partial charge in [-0.1, -0.05) is 26.0 Å². The molecule has 0 saturated carbocycles. The molecule has 4 rings (SSSR count). The zero-order valence-electron chi connectivity index (χ0n) is 17.6. The average molecular weight is 404 g/mol. The van der Waals surface area contributed by atoms with Crippen LogP contribution in [0.3, 0.4) is 0 Å². The molecule has 0 aliphatic carbocycles. The third-order valence-corrected chi connectivity index (χ3v) is 5.83. The van der Waals surface area contributed by atoms with Crippen molar-refractivity contribution in [3.05, 3.63) is 59.5 Å². The number of carbonyl (C=O) groups is 1. The van der Waals surface area contributed by atoms with Crippen molar-refractivity contribution in [3.8, 4) is 0 Å². The maximum absolute atomic E-state index is 13.2. The molecule has 30 heavy (non-hydrogen) atoms. The van der Waals surface area contributed by atoms with E-state index in [0.29, 0.717) is 17.3 Å². The van der Waals surface area contributed by atoms with Crippen molar-refractivity contribution < 1.29 is 4.79 Å². The van der Waals surface area contributed by atoms with Gasteiger partial charge in [-0.15, -0.1) is 0 Å². The Balaban J connectivity index is 1.64. The Kier molecular flexibility index (Phi) is 5.68. The third-order valence-electron chi connectivity index (χ3n) is 5.83. The van der Waals surface area contributed by atoms with Crippen molar-refractivity contribution in [3.63, 3.8) is 0 Å². The van der Waals surface area contributed by atoms with Crippen molar-refractivity contribution in [1.82, 2.24) is 9.97 Å². The van der Waals surface area contributed by atoms with Gasteiger partial charge in [0, 0.05) is 54.6 Å². The zero-order valence-corrected chi connectivity index (χ0v) is 17.6. The molecule has 1 saturated heterocycles. The van der Waals surface area contributed by atoms with E-state index in [9.17, 15) is 4.79 Å². The number of benzene rings is 1. The molecule has 1 fully saturated rings. The number of Topliss-reactive ketones (excluding diaryl/α,β-unsaturated/α-hetero) is 1. The molecule has 3 heterocycles. The zero-order chi connectivity index (χ0) is 21.3. The number of ketones is 1. The van der Waals surface area contributed by atoms with Gasteiger partial charge in [-0.2, -0.15) is 0 Å². The summed E-state index contributed by atoms with van der Waals surface area (Å²) in [5.41, 5.74) is 17.0. The van der Waals surface area contributed by atoms with Crippen LogP contribution in [0.1, 0.15) is 54.2 Å². The fourth-order valence-corrected chi connectivity index (χ4v) is 4.13. The molecule has 1 aromatic carbocycles. The number of anilines is 2. The highest BCUT2D eigenvalue weighted by atomic mass is 16.1. The molecule has 3 aromatic rings. The van der Waals surface area contributed by atoms with Crippen molar-refractivity contribution in [2.45, 2.75) is 45.1 Å². The Bertz CT molecular complexity index is 1080. The predicted molar refractivity (Wildman–Crippen MR) is 122 cm³/mol. The molecular formula is C24H29N5O. The second kappa shape index (κ2) is 8.40. The van der Waals surface area contributed by atoms with Crippen LogP contribution in [-0.4, -0.2) is 34.9 Å². The van der Waals surface area contributed by atoms with Gasteiger partial charge in [-0.05, 0) is 42.5 Å². The lowest BCUT2D eigenvalue weighted by Crippen LogP contribution is -2.43. The quantitative estimate of drug-likeness (QED) is 0.631. The lowest BCUT2D eigenvalue weighted by atomic mass is 9.99. The van der Waals surface area contributed by atoms with E-state index in [1.807, 2.05) is 24.3 Å². The summed E-state index contributed by atoms with van der Waals surface area (Å²) >= 11 is 0. The predicted octanol–water partition coefficient (Wildman–Crippen LogP) is 3.69. The van der Waals surface area contributed by atoms with E-state index in [1.165, 1.54) is 5.56 Å². The number of piperidine rings is 1.